The first-order valence-corrected chi connectivity index (χ1v) is 7.72. The Morgan fingerprint density at radius 2 is 2.19 bits per heavy atom. The lowest BCUT2D eigenvalue weighted by Gasteiger charge is -2.07. The molecule has 0 fully saturated rings. The monoisotopic (exact) mass is 331 g/mol. The van der Waals surface area contributed by atoms with Crippen LogP contribution in [0.4, 0.5) is 0 Å². The molecule has 0 spiro atoms. The lowest BCUT2D eigenvalue weighted by molar-refractivity contribution is -0.139. The predicted molar refractivity (Wildman–Crippen MR) is 77.2 cm³/mol. The molecule has 0 atom stereocenters. The molecule has 0 amide bonds. The van der Waals surface area contributed by atoms with Gasteiger partial charge in [0, 0.05) is 12.0 Å². The third kappa shape index (κ3) is 5.36. The number of sulfonamides is 1. The standard InChI is InChI=1S/C13H14ClNO5S/c1-20-13(17)9-15-21(18,19)12-6-5-10(8-11(12)14)4-2-3-7-16/h5-6,8,15-16H,3,7,9H2,1H3. The van der Waals surface area contributed by atoms with Crippen LogP contribution in [0.3, 0.4) is 0 Å². The number of carbonyl (C=O) groups is 1. The summed E-state index contributed by atoms with van der Waals surface area (Å²) in [4.78, 5) is 10.8. The minimum Gasteiger partial charge on any atom is -0.468 e. The Labute approximate surface area is 128 Å². The van der Waals surface area contributed by atoms with E-state index in [0.717, 1.165) is 7.11 Å². The number of nitrogens with one attached hydrogen (secondary N) is 1. The third-order valence-electron chi connectivity index (χ3n) is 2.33. The van der Waals surface area contributed by atoms with Crippen LogP contribution in [0.1, 0.15) is 12.0 Å². The summed E-state index contributed by atoms with van der Waals surface area (Å²) in [5, 5.41) is 8.61. The average Bonchev–Trinajstić information content (AvgIpc) is 2.45. The topological polar surface area (TPSA) is 92.7 Å². The summed E-state index contributed by atoms with van der Waals surface area (Å²) in [6.45, 7) is -0.530. The maximum atomic E-state index is 12.0. The molecule has 0 aliphatic rings. The van der Waals surface area contributed by atoms with Crippen LogP contribution in [0.25, 0.3) is 0 Å². The number of aliphatic hydroxyl groups is 1. The van der Waals surface area contributed by atoms with E-state index in [1.165, 1.54) is 18.2 Å². The molecule has 0 unspecified atom stereocenters. The number of hydrogen-bond donors (Lipinski definition) is 2. The minimum absolute atomic E-state index is 0.0110. The van der Waals surface area contributed by atoms with Gasteiger partial charge in [0.1, 0.15) is 11.4 Å². The van der Waals surface area contributed by atoms with Crippen LogP contribution in [-0.2, 0) is 19.6 Å². The number of esters is 1. The van der Waals surface area contributed by atoms with Gasteiger partial charge in [-0.15, -0.1) is 0 Å². The molecule has 2 N–H and O–H groups in total. The fourth-order valence-electron chi connectivity index (χ4n) is 1.32. The van der Waals surface area contributed by atoms with Crippen LogP contribution < -0.4 is 4.72 Å². The average molecular weight is 332 g/mol. The Bertz CT molecular complexity index is 676. The van der Waals surface area contributed by atoms with Crippen molar-refractivity contribution in [3.05, 3.63) is 28.8 Å². The van der Waals surface area contributed by atoms with Gasteiger partial charge in [0.2, 0.25) is 10.0 Å². The van der Waals surface area contributed by atoms with E-state index in [2.05, 4.69) is 21.3 Å². The van der Waals surface area contributed by atoms with Gasteiger partial charge in [0.25, 0.3) is 0 Å². The maximum Gasteiger partial charge on any atom is 0.320 e. The number of methoxy groups -OCH3 is 1. The molecule has 6 nitrogen and oxygen atoms in total. The predicted octanol–water partition coefficient (Wildman–Crippen LogP) is 0.525. The smallest absolute Gasteiger partial charge is 0.320 e. The zero-order valence-electron chi connectivity index (χ0n) is 11.2. The number of ether oxygens (including phenoxy) is 1. The van der Waals surface area contributed by atoms with E-state index in [4.69, 9.17) is 16.7 Å². The molecule has 0 aromatic heterocycles. The quantitative estimate of drug-likeness (QED) is 0.606. The van der Waals surface area contributed by atoms with E-state index in [9.17, 15) is 13.2 Å². The Kier molecular flexibility index (Phi) is 6.65. The molecule has 0 saturated carbocycles. The van der Waals surface area contributed by atoms with E-state index in [1.54, 1.807) is 0 Å². The highest BCUT2D eigenvalue weighted by atomic mass is 35.5. The van der Waals surface area contributed by atoms with Gasteiger partial charge in [0.05, 0.1) is 18.7 Å². The van der Waals surface area contributed by atoms with Crippen molar-refractivity contribution in [1.82, 2.24) is 4.72 Å². The molecule has 0 saturated heterocycles. The van der Waals surface area contributed by atoms with Gasteiger partial charge in [-0.1, -0.05) is 23.4 Å². The maximum absolute atomic E-state index is 12.0. The van der Waals surface area contributed by atoms with Gasteiger partial charge in [-0.25, -0.2) is 8.42 Å². The lowest BCUT2D eigenvalue weighted by Crippen LogP contribution is -2.30. The van der Waals surface area contributed by atoms with Crippen LogP contribution in [0.5, 0.6) is 0 Å². The summed E-state index contributed by atoms with van der Waals surface area (Å²) in [5.41, 5.74) is 0.528. The van der Waals surface area contributed by atoms with Crippen molar-refractivity contribution in [2.24, 2.45) is 0 Å². The first-order chi connectivity index (χ1) is 9.90. The van der Waals surface area contributed by atoms with E-state index in [1.807, 2.05) is 0 Å². The van der Waals surface area contributed by atoms with Crippen molar-refractivity contribution in [2.45, 2.75) is 11.3 Å². The molecule has 0 aliphatic carbocycles. The fraction of sp³-hybridized carbons (Fsp3) is 0.308. The molecule has 0 aliphatic heterocycles. The molecule has 0 radical (unpaired) electrons. The van der Waals surface area contributed by atoms with Crippen molar-refractivity contribution in [3.63, 3.8) is 0 Å². The second kappa shape index (κ2) is 8.00. The zero-order chi connectivity index (χ0) is 15.9. The molecular formula is C13H14ClNO5S. The Morgan fingerprint density at radius 3 is 2.76 bits per heavy atom. The number of rotatable bonds is 5. The van der Waals surface area contributed by atoms with E-state index >= 15 is 0 Å². The zero-order valence-corrected chi connectivity index (χ0v) is 12.8. The van der Waals surface area contributed by atoms with Gasteiger partial charge in [0.15, 0.2) is 0 Å². The number of carbonyl (C=O) groups excluding carboxylic acids is 1. The van der Waals surface area contributed by atoms with Gasteiger partial charge < -0.3 is 9.84 Å². The van der Waals surface area contributed by atoms with Gasteiger partial charge in [-0.05, 0) is 18.2 Å². The van der Waals surface area contributed by atoms with Gasteiger partial charge in [-0.2, -0.15) is 4.72 Å². The van der Waals surface area contributed by atoms with E-state index in [-0.39, 0.29) is 16.5 Å². The number of aliphatic hydroxyl groups excluding tert-OH is 1. The number of hydrogen-bond acceptors (Lipinski definition) is 5. The molecule has 8 heteroatoms. The highest BCUT2D eigenvalue weighted by Crippen LogP contribution is 2.22. The summed E-state index contributed by atoms with van der Waals surface area (Å²) in [5.74, 6) is 4.73. The van der Waals surface area contributed by atoms with E-state index in [0.29, 0.717) is 12.0 Å². The first-order valence-electron chi connectivity index (χ1n) is 5.86. The van der Waals surface area contributed by atoms with Crippen LogP contribution in [-0.4, -0.2) is 39.8 Å². The van der Waals surface area contributed by atoms with Crippen molar-refractivity contribution in [3.8, 4) is 11.8 Å². The van der Waals surface area contributed by atoms with Gasteiger partial charge >= 0.3 is 5.97 Å². The normalized spacial score (nSPS) is 10.6. The van der Waals surface area contributed by atoms with Crippen LogP contribution in [0, 0.1) is 11.8 Å². The Morgan fingerprint density at radius 1 is 1.48 bits per heavy atom. The molecule has 21 heavy (non-hydrogen) atoms. The molecule has 1 aromatic rings. The second-order valence-electron chi connectivity index (χ2n) is 3.82. The summed E-state index contributed by atoms with van der Waals surface area (Å²) >= 11 is 5.92. The number of benzene rings is 1. The van der Waals surface area contributed by atoms with Crippen molar-refractivity contribution < 1.29 is 23.1 Å². The number of halogens is 1. The first kappa shape index (κ1) is 17.5. The largest absolute Gasteiger partial charge is 0.468 e. The minimum atomic E-state index is -3.91. The molecule has 0 heterocycles. The SMILES string of the molecule is COC(=O)CNS(=O)(=O)c1ccc(C#CCCO)cc1Cl. The molecule has 1 aromatic carbocycles. The van der Waals surface area contributed by atoms with Crippen LogP contribution in [0.15, 0.2) is 23.1 Å². The van der Waals surface area contributed by atoms with Gasteiger partial charge in [-0.3, -0.25) is 4.79 Å². The van der Waals surface area contributed by atoms with Crippen LogP contribution >= 0.6 is 11.6 Å². The van der Waals surface area contributed by atoms with Crippen molar-refractivity contribution in [2.75, 3.05) is 20.3 Å². The Balaban J connectivity index is 2.94. The van der Waals surface area contributed by atoms with Crippen LogP contribution in [0.2, 0.25) is 5.02 Å². The van der Waals surface area contributed by atoms with Crippen molar-refractivity contribution >= 4 is 27.6 Å². The third-order valence-corrected chi connectivity index (χ3v) is 4.21. The second-order valence-corrected chi connectivity index (χ2v) is 5.96. The summed E-state index contributed by atoms with van der Waals surface area (Å²) < 4.78 is 30.4. The Hall–Kier alpha value is -1.59. The molecule has 1 rings (SSSR count). The summed E-state index contributed by atoms with van der Waals surface area (Å²) in [6, 6.07) is 4.19. The molecule has 114 valence electrons. The summed E-state index contributed by atoms with van der Waals surface area (Å²) in [6.07, 6.45) is 0.318. The van der Waals surface area contributed by atoms with Crippen molar-refractivity contribution in [1.29, 1.82) is 0 Å². The lowest BCUT2D eigenvalue weighted by atomic mass is 10.2. The highest BCUT2D eigenvalue weighted by molar-refractivity contribution is 7.89. The fourth-order valence-corrected chi connectivity index (χ4v) is 2.83. The highest BCUT2D eigenvalue weighted by Gasteiger charge is 2.19. The molecular weight excluding hydrogens is 318 g/mol. The van der Waals surface area contributed by atoms with E-state index < -0.39 is 22.5 Å². The molecule has 0 bridgehead atoms. The summed E-state index contributed by atoms with van der Waals surface area (Å²) in [7, 11) is -2.75.